The average molecular weight is 316 g/mol. The summed E-state index contributed by atoms with van der Waals surface area (Å²) in [6.07, 6.45) is 0.744. The third-order valence-electron chi connectivity index (χ3n) is 3.02. The van der Waals surface area contributed by atoms with Gasteiger partial charge in [0.2, 0.25) is 0 Å². The Morgan fingerprint density at radius 3 is 2.35 bits per heavy atom. The molecule has 0 aliphatic heterocycles. The van der Waals surface area contributed by atoms with Crippen LogP contribution in [0.15, 0.2) is 36.4 Å². The first kappa shape index (κ1) is 16.9. The largest absolute Gasteiger partial charge is 0.368 e. The highest BCUT2D eigenvalue weighted by molar-refractivity contribution is 5.92. The van der Waals surface area contributed by atoms with Crippen LogP contribution in [0.1, 0.15) is 36.8 Å². The van der Waals surface area contributed by atoms with Crippen molar-refractivity contribution >= 4 is 11.7 Å². The predicted molar refractivity (Wildman–Crippen MR) is 87.8 cm³/mol. The van der Waals surface area contributed by atoms with Gasteiger partial charge in [0, 0.05) is 12.1 Å². The zero-order valence-corrected chi connectivity index (χ0v) is 13.6. The van der Waals surface area contributed by atoms with Crippen molar-refractivity contribution in [1.82, 2.24) is 15.5 Å². The lowest BCUT2D eigenvalue weighted by molar-refractivity contribution is 0.0913. The molecular formula is C17H21FN4O. The van der Waals surface area contributed by atoms with E-state index >= 15 is 0 Å². The number of benzene rings is 1. The Hall–Kier alpha value is -2.50. The molecule has 1 aromatic carbocycles. The Bertz CT molecular complexity index is 648. The van der Waals surface area contributed by atoms with Crippen LogP contribution in [0.2, 0.25) is 0 Å². The summed E-state index contributed by atoms with van der Waals surface area (Å²) in [5.41, 5.74) is 1.00. The van der Waals surface area contributed by atoms with E-state index in [-0.39, 0.29) is 23.0 Å². The molecule has 0 spiro atoms. The highest BCUT2D eigenvalue weighted by atomic mass is 19.1. The molecule has 0 unspecified atom stereocenters. The highest BCUT2D eigenvalue weighted by Gasteiger charge is 2.16. The summed E-state index contributed by atoms with van der Waals surface area (Å²) in [5.74, 6) is 0.110. The van der Waals surface area contributed by atoms with Crippen LogP contribution in [0.25, 0.3) is 0 Å². The molecule has 5 nitrogen and oxygen atoms in total. The molecule has 0 aliphatic rings. The van der Waals surface area contributed by atoms with Crippen molar-refractivity contribution in [1.29, 1.82) is 0 Å². The SMILES string of the molecule is CC(C)(C)NC(=O)c1ccc(NCCc2ccc(F)cc2)nn1. The fourth-order valence-corrected chi connectivity index (χ4v) is 1.94. The van der Waals surface area contributed by atoms with Crippen LogP contribution in [0, 0.1) is 5.82 Å². The number of rotatable bonds is 5. The van der Waals surface area contributed by atoms with Gasteiger partial charge in [-0.05, 0) is 57.0 Å². The van der Waals surface area contributed by atoms with Crippen LogP contribution < -0.4 is 10.6 Å². The van der Waals surface area contributed by atoms with Gasteiger partial charge in [-0.3, -0.25) is 4.79 Å². The Morgan fingerprint density at radius 1 is 1.09 bits per heavy atom. The summed E-state index contributed by atoms with van der Waals surface area (Å²) in [6, 6.07) is 9.74. The molecule has 23 heavy (non-hydrogen) atoms. The summed E-state index contributed by atoms with van der Waals surface area (Å²) >= 11 is 0. The summed E-state index contributed by atoms with van der Waals surface area (Å²) in [4.78, 5) is 11.9. The topological polar surface area (TPSA) is 66.9 Å². The normalized spacial score (nSPS) is 11.1. The molecule has 0 bridgehead atoms. The highest BCUT2D eigenvalue weighted by Crippen LogP contribution is 2.07. The molecule has 6 heteroatoms. The summed E-state index contributed by atoms with van der Waals surface area (Å²) < 4.78 is 12.8. The molecule has 2 aromatic rings. The number of amides is 1. The molecule has 0 atom stereocenters. The molecule has 0 saturated carbocycles. The lowest BCUT2D eigenvalue weighted by Gasteiger charge is -2.19. The number of carbonyl (C=O) groups excluding carboxylic acids is 1. The number of carbonyl (C=O) groups is 1. The number of hydrogen-bond donors (Lipinski definition) is 2. The first-order valence-corrected chi connectivity index (χ1v) is 7.48. The van der Waals surface area contributed by atoms with Gasteiger partial charge in [0.05, 0.1) is 0 Å². The van der Waals surface area contributed by atoms with Crippen LogP contribution in [0.5, 0.6) is 0 Å². The maximum atomic E-state index is 12.8. The lowest BCUT2D eigenvalue weighted by atomic mass is 10.1. The smallest absolute Gasteiger partial charge is 0.272 e. The van der Waals surface area contributed by atoms with Gasteiger partial charge >= 0.3 is 0 Å². The first-order valence-electron chi connectivity index (χ1n) is 7.48. The van der Waals surface area contributed by atoms with E-state index in [1.165, 1.54) is 12.1 Å². The van der Waals surface area contributed by atoms with E-state index < -0.39 is 0 Å². The summed E-state index contributed by atoms with van der Waals surface area (Å²) in [7, 11) is 0. The van der Waals surface area contributed by atoms with Crippen LogP contribution in [-0.4, -0.2) is 28.2 Å². The van der Waals surface area contributed by atoms with Crippen molar-refractivity contribution in [2.45, 2.75) is 32.7 Å². The minimum absolute atomic E-state index is 0.239. The number of anilines is 1. The monoisotopic (exact) mass is 316 g/mol. The second-order valence-electron chi connectivity index (χ2n) is 6.31. The van der Waals surface area contributed by atoms with Gasteiger partial charge in [-0.1, -0.05) is 12.1 Å². The molecule has 0 radical (unpaired) electrons. The molecule has 0 saturated heterocycles. The number of nitrogens with zero attached hydrogens (tertiary/aromatic N) is 2. The minimum Gasteiger partial charge on any atom is -0.368 e. The van der Waals surface area contributed by atoms with Crippen molar-refractivity contribution in [2.75, 3.05) is 11.9 Å². The van der Waals surface area contributed by atoms with Gasteiger partial charge < -0.3 is 10.6 Å². The van der Waals surface area contributed by atoms with E-state index in [9.17, 15) is 9.18 Å². The molecule has 1 heterocycles. The van der Waals surface area contributed by atoms with E-state index in [1.54, 1.807) is 24.3 Å². The van der Waals surface area contributed by atoms with Gasteiger partial charge in [-0.2, -0.15) is 0 Å². The van der Waals surface area contributed by atoms with Crippen LogP contribution in [0.4, 0.5) is 10.2 Å². The molecule has 0 fully saturated rings. The number of halogens is 1. The van der Waals surface area contributed by atoms with E-state index in [4.69, 9.17) is 0 Å². The second kappa shape index (κ2) is 7.17. The van der Waals surface area contributed by atoms with Gasteiger partial charge in [0.15, 0.2) is 5.69 Å². The van der Waals surface area contributed by atoms with Crippen molar-refractivity contribution in [3.8, 4) is 0 Å². The molecule has 1 aromatic heterocycles. The predicted octanol–water partition coefficient (Wildman–Crippen LogP) is 2.80. The van der Waals surface area contributed by atoms with Crippen LogP contribution >= 0.6 is 0 Å². The van der Waals surface area contributed by atoms with E-state index in [0.717, 1.165) is 12.0 Å². The summed E-state index contributed by atoms with van der Waals surface area (Å²) in [5, 5.41) is 13.9. The van der Waals surface area contributed by atoms with Gasteiger partial charge in [-0.25, -0.2) is 4.39 Å². The second-order valence-corrected chi connectivity index (χ2v) is 6.31. The maximum Gasteiger partial charge on any atom is 0.272 e. The average Bonchev–Trinajstić information content (AvgIpc) is 2.48. The fourth-order valence-electron chi connectivity index (χ4n) is 1.94. The Morgan fingerprint density at radius 2 is 1.78 bits per heavy atom. The standard InChI is InChI=1S/C17H21FN4O/c1-17(2,3)20-16(23)14-8-9-15(22-21-14)19-11-10-12-4-6-13(18)7-5-12/h4-9H,10-11H2,1-3H3,(H,19,22)(H,20,23). The van der Waals surface area contributed by atoms with Crippen LogP contribution in [0.3, 0.4) is 0 Å². The third kappa shape index (κ3) is 5.65. The third-order valence-corrected chi connectivity index (χ3v) is 3.02. The van der Waals surface area contributed by atoms with Gasteiger partial charge in [0.1, 0.15) is 11.6 Å². The fraction of sp³-hybridized carbons (Fsp3) is 0.353. The van der Waals surface area contributed by atoms with Crippen molar-refractivity contribution in [2.24, 2.45) is 0 Å². The first-order chi connectivity index (χ1) is 10.8. The minimum atomic E-state index is -0.315. The van der Waals surface area contributed by atoms with E-state index in [0.29, 0.717) is 12.4 Å². The summed E-state index contributed by atoms with van der Waals surface area (Å²) in [6.45, 7) is 6.37. The van der Waals surface area contributed by atoms with Gasteiger partial charge in [-0.15, -0.1) is 10.2 Å². The molecule has 2 rings (SSSR count). The molecular weight excluding hydrogens is 295 g/mol. The van der Waals surface area contributed by atoms with Crippen molar-refractivity contribution < 1.29 is 9.18 Å². The maximum absolute atomic E-state index is 12.8. The van der Waals surface area contributed by atoms with E-state index in [2.05, 4.69) is 20.8 Å². The molecule has 1 amide bonds. The number of nitrogens with one attached hydrogen (secondary N) is 2. The molecule has 122 valence electrons. The van der Waals surface area contributed by atoms with E-state index in [1.807, 2.05) is 20.8 Å². The Balaban J connectivity index is 1.85. The molecule has 0 aliphatic carbocycles. The van der Waals surface area contributed by atoms with Gasteiger partial charge in [0.25, 0.3) is 5.91 Å². The zero-order valence-electron chi connectivity index (χ0n) is 13.6. The quantitative estimate of drug-likeness (QED) is 0.890. The van der Waals surface area contributed by atoms with Crippen molar-refractivity contribution in [3.63, 3.8) is 0 Å². The molecule has 2 N–H and O–H groups in total. The number of aromatic nitrogens is 2. The lowest BCUT2D eigenvalue weighted by Crippen LogP contribution is -2.41. The van der Waals surface area contributed by atoms with Crippen molar-refractivity contribution in [3.05, 3.63) is 53.5 Å². The van der Waals surface area contributed by atoms with Crippen LogP contribution in [-0.2, 0) is 6.42 Å². The zero-order chi connectivity index (χ0) is 16.9. The Kier molecular flexibility index (Phi) is 5.26. The number of hydrogen-bond acceptors (Lipinski definition) is 4. The Labute approximate surface area is 135 Å².